The highest BCUT2D eigenvalue weighted by atomic mass is 79.9. The number of hydrogen-bond donors (Lipinski definition) is 0. The molecule has 2 atom stereocenters. The number of fused-ring (bicyclic) bond motifs is 1. The first-order valence-electron chi connectivity index (χ1n) is 6.94. The Labute approximate surface area is 143 Å². The quantitative estimate of drug-likeness (QED) is 0.486. The van der Waals surface area contributed by atoms with E-state index in [1.165, 1.54) is 28.7 Å². The lowest BCUT2D eigenvalue weighted by Gasteiger charge is -2.12. The molecule has 2 heterocycles. The first kappa shape index (κ1) is 16.6. The second-order valence-electron chi connectivity index (χ2n) is 5.34. The molecule has 1 aliphatic carbocycles. The Morgan fingerprint density at radius 2 is 2.09 bits per heavy atom. The van der Waals surface area contributed by atoms with Gasteiger partial charge in [0.15, 0.2) is 10.9 Å². The highest BCUT2D eigenvalue weighted by molar-refractivity contribution is 9.10. The Bertz CT molecular complexity index is 646. The van der Waals surface area contributed by atoms with Crippen molar-refractivity contribution in [2.45, 2.75) is 43.3 Å². The molecule has 0 aromatic carbocycles. The number of nitrogens with zero attached hydrogens (tertiary/aromatic N) is 2. The smallest absolute Gasteiger partial charge is 0.227 e. The first-order chi connectivity index (χ1) is 10.3. The van der Waals surface area contributed by atoms with Gasteiger partial charge in [-0.3, -0.25) is 0 Å². The number of halogens is 4. The van der Waals surface area contributed by atoms with E-state index in [1.54, 1.807) is 6.92 Å². The molecule has 1 aromatic rings. The van der Waals surface area contributed by atoms with Crippen LogP contribution in [0.25, 0.3) is 0 Å². The largest absolute Gasteiger partial charge is 0.434 e. The normalized spacial score (nSPS) is 23.9. The molecule has 1 fully saturated rings. The molecule has 1 saturated carbocycles. The summed E-state index contributed by atoms with van der Waals surface area (Å²) >= 11 is 6.11. The number of hydrogen-bond acceptors (Lipinski definition) is 4. The van der Waals surface area contributed by atoms with Gasteiger partial charge in [0.1, 0.15) is 0 Å². The van der Waals surface area contributed by atoms with Crippen LogP contribution in [0.3, 0.4) is 0 Å². The predicted octanol–water partition coefficient (Wildman–Crippen LogP) is 5.46. The molecule has 0 radical (unpaired) electrons. The van der Waals surface area contributed by atoms with E-state index in [0.29, 0.717) is 22.6 Å². The summed E-state index contributed by atoms with van der Waals surface area (Å²) in [4.78, 5) is 9.17. The minimum absolute atomic E-state index is 0.0747. The van der Waals surface area contributed by atoms with Gasteiger partial charge in [0.25, 0.3) is 0 Å². The minimum Gasteiger partial charge on any atom is -0.227 e. The highest BCUT2D eigenvalue weighted by Crippen LogP contribution is 2.58. The standard InChI is InChI=1S/C14H14BrF3N2S2/c1-3-7-8-4-9(8)22-10(7)5-21-13-19-6(2)11(15)12(20-13)14(16,17)18/h8-9H,3-5H2,1-2H3/t8-,9?/m0/s1. The van der Waals surface area contributed by atoms with E-state index in [4.69, 9.17) is 0 Å². The van der Waals surface area contributed by atoms with Crippen molar-refractivity contribution in [2.24, 2.45) is 5.92 Å². The van der Waals surface area contributed by atoms with E-state index in [0.717, 1.165) is 6.42 Å². The summed E-state index contributed by atoms with van der Waals surface area (Å²) in [5, 5.41) is 0.904. The van der Waals surface area contributed by atoms with Gasteiger partial charge in [-0.2, -0.15) is 13.2 Å². The summed E-state index contributed by atoms with van der Waals surface area (Å²) < 4.78 is 38.9. The van der Waals surface area contributed by atoms with Crippen LogP contribution in [0.4, 0.5) is 13.2 Å². The van der Waals surface area contributed by atoms with Crippen molar-refractivity contribution in [3.8, 4) is 0 Å². The predicted molar refractivity (Wildman–Crippen MR) is 87.0 cm³/mol. The molecule has 0 saturated heterocycles. The molecule has 1 aromatic heterocycles. The Morgan fingerprint density at radius 3 is 2.73 bits per heavy atom. The van der Waals surface area contributed by atoms with Crippen LogP contribution in [0.5, 0.6) is 0 Å². The second-order valence-corrected chi connectivity index (χ2v) is 8.41. The van der Waals surface area contributed by atoms with E-state index < -0.39 is 11.9 Å². The van der Waals surface area contributed by atoms with Gasteiger partial charge in [-0.15, -0.1) is 11.8 Å². The monoisotopic (exact) mass is 410 g/mol. The Kier molecular flexibility index (Phi) is 4.55. The average molecular weight is 411 g/mol. The van der Waals surface area contributed by atoms with Crippen LogP contribution in [-0.4, -0.2) is 21.0 Å². The molecular weight excluding hydrogens is 397 g/mol. The zero-order valence-electron chi connectivity index (χ0n) is 12.0. The Hall–Kier alpha value is -0.210. The lowest BCUT2D eigenvalue weighted by Crippen LogP contribution is -2.12. The number of thioether (sulfide) groups is 2. The lowest BCUT2D eigenvalue weighted by molar-refractivity contribution is -0.142. The Balaban J connectivity index is 1.79. The number of aryl methyl sites for hydroxylation is 1. The molecule has 1 aliphatic heterocycles. The molecule has 0 spiro atoms. The van der Waals surface area contributed by atoms with Gasteiger partial charge in [-0.05, 0) is 46.5 Å². The molecule has 8 heteroatoms. The van der Waals surface area contributed by atoms with E-state index in [1.807, 2.05) is 11.8 Å². The zero-order chi connectivity index (χ0) is 16.1. The maximum atomic E-state index is 13.0. The summed E-state index contributed by atoms with van der Waals surface area (Å²) in [7, 11) is 0. The van der Waals surface area contributed by atoms with Gasteiger partial charge in [0, 0.05) is 11.0 Å². The third-order valence-electron chi connectivity index (χ3n) is 3.81. The van der Waals surface area contributed by atoms with E-state index in [2.05, 4.69) is 32.8 Å². The third-order valence-corrected chi connectivity index (χ3v) is 7.33. The number of alkyl halides is 3. The van der Waals surface area contributed by atoms with Crippen molar-refractivity contribution in [1.29, 1.82) is 0 Å². The summed E-state index contributed by atoms with van der Waals surface area (Å²) in [6, 6.07) is 0. The maximum Gasteiger partial charge on any atom is 0.434 e. The molecule has 1 unspecified atom stereocenters. The number of rotatable bonds is 4. The molecule has 3 rings (SSSR count). The van der Waals surface area contributed by atoms with Crippen LogP contribution < -0.4 is 0 Å². The van der Waals surface area contributed by atoms with Gasteiger partial charge in [0.2, 0.25) is 0 Å². The molecule has 0 N–H and O–H groups in total. The molecule has 120 valence electrons. The number of allylic oxidation sites excluding steroid dienone is 1. The van der Waals surface area contributed by atoms with Crippen molar-refractivity contribution >= 4 is 39.5 Å². The van der Waals surface area contributed by atoms with Crippen LogP contribution in [-0.2, 0) is 6.18 Å². The van der Waals surface area contributed by atoms with Gasteiger partial charge >= 0.3 is 6.18 Å². The molecule has 2 nitrogen and oxygen atoms in total. The van der Waals surface area contributed by atoms with E-state index in [-0.39, 0.29) is 9.63 Å². The summed E-state index contributed by atoms with van der Waals surface area (Å²) in [6.45, 7) is 3.70. The molecule has 0 bridgehead atoms. The van der Waals surface area contributed by atoms with Gasteiger partial charge in [0.05, 0.1) is 10.2 Å². The van der Waals surface area contributed by atoms with Crippen LogP contribution in [0.15, 0.2) is 20.1 Å². The van der Waals surface area contributed by atoms with Crippen molar-refractivity contribution in [1.82, 2.24) is 9.97 Å². The van der Waals surface area contributed by atoms with Gasteiger partial charge < -0.3 is 0 Å². The second kappa shape index (κ2) is 6.02. The number of aromatic nitrogens is 2. The summed E-state index contributed by atoms with van der Waals surface area (Å²) in [5.74, 6) is 1.38. The lowest BCUT2D eigenvalue weighted by atomic mass is 10.1. The molecule has 2 aliphatic rings. The van der Waals surface area contributed by atoms with Crippen LogP contribution in [0, 0.1) is 12.8 Å². The minimum atomic E-state index is -4.47. The van der Waals surface area contributed by atoms with Gasteiger partial charge in [-0.1, -0.05) is 24.3 Å². The average Bonchev–Trinajstić information content (AvgIpc) is 3.10. The van der Waals surface area contributed by atoms with Crippen molar-refractivity contribution < 1.29 is 13.2 Å². The third kappa shape index (κ3) is 3.19. The van der Waals surface area contributed by atoms with Crippen LogP contribution in [0.2, 0.25) is 0 Å². The zero-order valence-corrected chi connectivity index (χ0v) is 15.2. The Morgan fingerprint density at radius 1 is 1.36 bits per heavy atom. The van der Waals surface area contributed by atoms with Crippen LogP contribution >= 0.6 is 39.5 Å². The summed E-state index contributed by atoms with van der Waals surface area (Å²) in [6.07, 6.45) is -2.19. The fourth-order valence-electron chi connectivity index (χ4n) is 2.64. The first-order valence-corrected chi connectivity index (χ1v) is 9.59. The molecule has 22 heavy (non-hydrogen) atoms. The summed E-state index contributed by atoms with van der Waals surface area (Å²) in [5.41, 5.74) is 0.901. The fraction of sp³-hybridized carbons (Fsp3) is 0.571. The SMILES string of the molecule is CCC1=C(CSc2nc(C)c(Br)c(C(F)(F)F)n2)SC2C[C@@H]12. The van der Waals surface area contributed by atoms with Gasteiger partial charge in [-0.25, -0.2) is 9.97 Å². The van der Waals surface area contributed by atoms with Crippen molar-refractivity contribution in [2.75, 3.05) is 5.75 Å². The van der Waals surface area contributed by atoms with Crippen molar-refractivity contribution in [3.63, 3.8) is 0 Å². The highest BCUT2D eigenvalue weighted by Gasteiger charge is 2.46. The van der Waals surface area contributed by atoms with E-state index >= 15 is 0 Å². The van der Waals surface area contributed by atoms with Crippen LogP contribution in [0.1, 0.15) is 31.2 Å². The van der Waals surface area contributed by atoms with E-state index in [9.17, 15) is 13.2 Å². The maximum absolute atomic E-state index is 13.0. The molecule has 0 amide bonds. The van der Waals surface area contributed by atoms with Crippen molar-refractivity contribution in [3.05, 3.63) is 26.3 Å². The molecular formula is C14H14BrF3N2S2. The fourth-order valence-corrected chi connectivity index (χ4v) is 5.73. The topological polar surface area (TPSA) is 25.8 Å².